The largest absolute Gasteiger partial charge is 0.493 e. The number of carbonyl (C=O) groups is 2. The zero-order chi connectivity index (χ0) is 26.1. The van der Waals surface area contributed by atoms with E-state index in [0.29, 0.717) is 40.5 Å². The highest BCUT2D eigenvalue weighted by Crippen LogP contribution is 2.41. The van der Waals surface area contributed by atoms with E-state index >= 15 is 0 Å². The van der Waals surface area contributed by atoms with Gasteiger partial charge < -0.3 is 14.6 Å². The van der Waals surface area contributed by atoms with Crippen LogP contribution >= 0.6 is 11.6 Å². The third kappa shape index (κ3) is 5.17. The molecule has 0 saturated carbocycles. The molecule has 7 nitrogen and oxygen atoms in total. The van der Waals surface area contributed by atoms with Crippen LogP contribution in [0.2, 0.25) is 5.02 Å². The normalized spacial score (nSPS) is 14.5. The van der Waals surface area contributed by atoms with Crippen molar-refractivity contribution in [2.75, 3.05) is 6.61 Å². The molecule has 3 aromatic carbocycles. The third-order valence-corrected chi connectivity index (χ3v) is 6.24. The second kappa shape index (κ2) is 10.0. The number of Topliss-reactive ketones (excluding diaryl/α,β-unsaturated/α-hetero) is 1. The Kier molecular flexibility index (Phi) is 6.62. The van der Waals surface area contributed by atoms with E-state index in [0.717, 1.165) is 12.1 Å². The molecule has 1 aliphatic rings. The number of hydrogen-bond donors (Lipinski definition) is 1. The molecule has 5 rings (SSSR count). The van der Waals surface area contributed by atoms with Gasteiger partial charge >= 0.3 is 5.97 Å². The fourth-order valence-corrected chi connectivity index (χ4v) is 4.29. The molecule has 2 heterocycles. The van der Waals surface area contributed by atoms with E-state index in [9.17, 15) is 23.5 Å². The van der Waals surface area contributed by atoms with Crippen molar-refractivity contribution in [3.8, 4) is 22.9 Å². The van der Waals surface area contributed by atoms with Gasteiger partial charge in [0, 0.05) is 29.5 Å². The highest BCUT2D eigenvalue weighted by atomic mass is 35.5. The van der Waals surface area contributed by atoms with Crippen LogP contribution < -0.4 is 9.47 Å². The molecule has 1 unspecified atom stereocenters. The monoisotopic (exact) mass is 524 g/mol. The minimum Gasteiger partial charge on any atom is -0.493 e. The number of carbonyl (C=O) groups excluding carboxylic acids is 1. The zero-order valence-corrected chi connectivity index (χ0v) is 19.9. The third-order valence-electron chi connectivity index (χ3n) is 5.95. The summed E-state index contributed by atoms with van der Waals surface area (Å²) in [6, 6.07) is 14.3. The molecule has 37 heavy (non-hydrogen) atoms. The van der Waals surface area contributed by atoms with Crippen LogP contribution in [0.1, 0.15) is 34.0 Å². The van der Waals surface area contributed by atoms with Crippen LogP contribution in [0.15, 0.2) is 66.9 Å². The van der Waals surface area contributed by atoms with Gasteiger partial charge in [-0.3, -0.25) is 9.59 Å². The van der Waals surface area contributed by atoms with Gasteiger partial charge in [0.25, 0.3) is 0 Å². The van der Waals surface area contributed by atoms with Crippen LogP contribution in [0, 0.1) is 11.6 Å². The number of hydrogen-bond acceptors (Lipinski definition) is 5. The van der Waals surface area contributed by atoms with E-state index < -0.39 is 23.5 Å². The summed E-state index contributed by atoms with van der Waals surface area (Å²) in [6.07, 6.45) is 1.84. The highest BCUT2D eigenvalue weighted by Gasteiger charge is 2.29. The number of fused-ring (bicyclic) bond motifs is 1. The molecule has 1 aromatic heterocycles. The van der Waals surface area contributed by atoms with Crippen molar-refractivity contribution >= 4 is 23.4 Å². The Morgan fingerprint density at radius 3 is 2.62 bits per heavy atom. The van der Waals surface area contributed by atoms with E-state index in [-0.39, 0.29) is 29.5 Å². The molecule has 0 radical (unpaired) electrons. The average Bonchev–Trinajstić information content (AvgIpc) is 3.32. The molecular formula is C27H19ClF2N2O5. The molecule has 0 fully saturated rings. The van der Waals surface area contributed by atoms with Gasteiger partial charge in [0.1, 0.15) is 28.8 Å². The Morgan fingerprint density at radius 2 is 1.89 bits per heavy atom. The van der Waals surface area contributed by atoms with Gasteiger partial charge in [-0.1, -0.05) is 11.6 Å². The van der Waals surface area contributed by atoms with E-state index in [1.54, 1.807) is 42.5 Å². The summed E-state index contributed by atoms with van der Waals surface area (Å²) >= 11 is 6.34. The number of ketones is 1. The number of ether oxygens (including phenoxy) is 2. The second-order valence-electron chi connectivity index (χ2n) is 8.42. The molecule has 0 saturated heterocycles. The fourth-order valence-electron chi connectivity index (χ4n) is 4.08. The number of benzene rings is 3. The summed E-state index contributed by atoms with van der Waals surface area (Å²) in [4.78, 5) is 24.2. The zero-order valence-electron chi connectivity index (χ0n) is 19.2. The van der Waals surface area contributed by atoms with Crippen molar-refractivity contribution < 1.29 is 33.0 Å². The fraction of sp³-hybridized carbons (Fsp3) is 0.148. The quantitative estimate of drug-likeness (QED) is 0.299. The highest BCUT2D eigenvalue weighted by molar-refractivity contribution is 6.32. The lowest BCUT2D eigenvalue weighted by molar-refractivity contribution is -0.139. The summed E-state index contributed by atoms with van der Waals surface area (Å²) < 4.78 is 39.8. The summed E-state index contributed by atoms with van der Waals surface area (Å²) in [7, 11) is 0. The minimum atomic E-state index is -0.941. The number of carboxylic acid groups (broad SMARTS) is 1. The number of halogens is 3. The first-order valence-electron chi connectivity index (χ1n) is 11.3. The van der Waals surface area contributed by atoms with Gasteiger partial charge in [-0.25, -0.2) is 13.5 Å². The Balaban J connectivity index is 1.27. The van der Waals surface area contributed by atoms with Crippen molar-refractivity contribution in [3.05, 3.63) is 100 Å². The average molecular weight is 525 g/mol. The SMILES string of the molecule is O=C(Cc1ccn(-c2ccc(F)cc2F)n1)c1ccc(Oc2cc3c(cc2Cl)C(C(=O)O)CCO3)cc1. The van der Waals surface area contributed by atoms with Gasteiger partial charge in [-0.05, 0) is 55.0 Å². The molecule has 0 spiro atoms. The van der Waals surface area contributed by atoms with E-state index in [2.05, 4.69) is 5.10 Å². The van der Waals surface area contributed by atoms with Crippen molar-refractivity contribution in [1.82, 2.24) is 9.78 Å². The van der Waals surface area contributed by atoms with E-state index in [1.807, 2.05) is 0 Å². The number of aliphatic carboxylic acids is 1. The minimum absolute atomic E-state index is 0.0191. The van der Waals surface area contributed by atoms with Gasteiger partial charge in [-0.2, -0.15) is 5.10 Å². The summed E-state index contributed by atoms with van der Waals surface area (Å²) in [5.41, 5.74) is 1.42. The van der Waals surface area contributed by atoms with Crippen LogP contribution in [0.25, 0.3) is 5.69 Å². The summed E-state index contributed by atoms with van der Waals surface area (Å²) in [5.74, 6) is -2.18. The number of rotatable bonds is 7. The summed E-state index contributed by atoms with van der Waals surface area (Å²) in [6.45, 7) is 0.277. The first-order valence-corrected chi connectivity index (χ1v) is 11.7. The molecule has 0 amide bonds. The first-order chi connectivity index (χ1) is 17.8. The Morgan fingerprint density at radius 1 is 1.11 bits per heavy atom. The maximum absolute atomic E-state index is 14.0. The van der Waals surface area contributed by atoms with Crippen LogP contribution in [0.3, 0.4) is 0 Å². The number of nitrogens with zero attached hydrogens (tertiary/aromatic N) is 2. The van der Waals surface area contributed by atoms with Crippen molar-refractivity contribution in [2.45, 2.75) is 18.8 Å². The molecule has 10 heteroatoms. The Labute approximate surface area is 214 Å². The summed E-state index contributed by atoms with van der Waals surface area (Å²) in [5, 5.41) is 13.9. The van der Waals surface area contributed by atoms with Gasteiger partial charge in [-0.15, -0.1) is 0 Å². The molecule has 1 aliphatic heterocycles. The van der Waals surface area contributed by atoms with Crippen molar-refractivity contribution in [3.63, 3.8) is 0 Å². The topological polar surface area (TPSA) is 90.7 Å². The Hall–Kier alpha value is -4.24. The lowest BCUT2D eigenvalue weighted by Gasteiger charge is -2.24. The molecule has 1 atom stereocenters. The van der Waals surface area contributed by atoms with Crippen LogP contribution in [0.5, 0.6) is 17.2 Å². The van der Waals surface area contributed by atoms with Gasteiger partial charge in [0.05, 0.1) is 29.7 Å². The van der Waals surface area contributed by atoms with Crippen LogP contribution in [-0.4, -0.2) is 33.2 Å². The molecule has 1 N–H and O–H groups in total. The molecule has 188 valence electrons. The Bertz CT molecular complexity index is 1500. The maximum Gasteiger partial charge on any atom is 0.311 e. The molecule has 4 aromatic rings. The lowest BCUT2D eigenvalue weighted by atomic mass is 9.93. The number of carboxylic acids is 1. The van der Waals surface area contributed by atoms with Gasteiger partial charge in [0.2, 0.25) is 0 Å². The van der Waals surface area contributed by atoms with E-state index in [4.69, 9.17) is 21.1 Å². The maximum atomic E-state index is 14.0. The van der Waals surface area contributed by atoms with Crippen molar-refractivity contribution in [2.24, 2.45) is 0 Å². The molecule has 0 bridgehead atoms. The molecule has 0 aliphatic carbocycles. The standard InChI is InChI=1S/C27H19ClF2N2O5/c28-21-13-20-19(27(34)35)8-10-36-25(20)14-26(21)37-18-4-1-15(2-5-18)24(33)12-17-7-9-32(31-17)23-6-3-16(29)11-22(23)30/h1-7,9,11,13-14,19H,8,10,12H2,(H,34,35). The van der Waals surface area contributed by atoms with Crippen LogP contribution in [-0.2, 0) is 11.2 Å². The lowest BCUT2D eigenvalue weighted by Crippen LogP contribution is -2.20. The smallest absolute Gasteiger partial charge is 0.311 e. The predicted molar refractivity (Wildman–Crippen MR) is 130 cm³/mol. The van der Waals surface area contributed by atoms with Gasteiger partial charge in [0.15, 0.2) is 11.6 Å². The predicted octanol–water partition coefficient (Wildman–Crippen LogP) is 5.97. The number of aromatic nitrogens is 2. The molecular weight excluding hydrogens is 506 g/mol. The van der Waals surface area contributed by atoms with Crippen LogP contribution in [0.4, 0.5) is 8.78 Å². The van der Waals surface area contributed by atoms with E-state index in [1.165, 1.54) is 16.9 Å². The van der Waals surface area contributed by atoms with Crippen molar-refractivity contribution in [1.29, 1.82) is 0 Å². The second-order valence-corrected chi connectivity index (χ2v) is 8.83. The first kappa shape index (κ1) is 24.5.